The van der Waals surface area contributed by atoms with Gasteiger partial charge < -0.3 is 15.2 Å². The highest BCUT2D eigenvalue weighted by Crippen LogP contribution is 2.15. The third-order valence-electron chi connectivity index (χ3n) is 3.33. The zero-order valence-corrected chi connectivity index (χ0v) is 12.0. The van der Waals surface area contributed by atoms with Crippen molar-refractivity contribution in [2.45, 2.75) is 12.8 Å². The van der Waals surface area contributed by atoms with Gasteiger partial charge in [-0.1, -0.05) is 6.07 Å². The molecule has 0 aliphatic heterocycles. The molecule has 6 heteroatoms. The van der Waals surface area contributed by atoms with Crippen molar-refractivity contribution in [3.05, 3.63) is 45.7 Å². The summed E-state index contributed by atoms with van der Waals surface area (Å²) < 4.78 is 1.63. The average molecular weight is 290 g/mol. The van der Waals surface area contributed by atoms with Crippen LogP contribution in [0.25, 0.3) is 10.9 Å². The number of aliphatic hydroxyl groups excluding tert-OH is 1. The molecule has 6 nitrogen and oxygen atoms in total. The van der Waals surface area contributed by atoms with Crippen LogP contribution in [0.3, 0.4) is 0 Å². The lowest BCUT2D eigenvalue weighted by Gasteiger charge is -2.20. The van der Waals surface area contributed by atoms with E-state index in [0.29, 0.717) is 23.7 Å². The number of aryl methyl sites for hydroxylation is 1. The number of carbonyl (C=O) groups is 1. The van der Waals surface area contributed by atoms with E-state index < -0.39 is 11.4 Å². The monoisotopic (exact) mass is 290 g/mol. The van der Waals surface area contributed by atoms with E-state index in [0.717, 1.165) is 5.56 Å². The highest BCUT2D eigenvalue weighted by atomic mass is 16.4. The van der Waals surface area contributed by atoms with Crippen molar-refractivity contribution in [2.75, 3.05) is 25.7 Å². The molecule has 0 spiro atoms. The van der Waals surface area contributed by atoms with Crippen molar-refractivity contribution in [1.29, 1.82) is 0 Å². The lowest BCUT2D eigenvalue weighted by atomic mass is 10.0. The SMILES string of the molecule is CN(C)n1cc(C(=O)O)c(=O)c2cc(CCCO)ccc21. The fourth-order valence-electron chi connectivity index (χ4n) is 2.28. The number of carboxylic acids is 1. The molecule has 1 aromatic carbocycles. The third-order valence-corrected chi connectivity index (χ3v) is 3.33. The van der Waals surface area contributed by atoms with Crippen molar-refractivity contribution >= 4 is 16.9 Å². The smallest absolute Gasteiger partial charge is 0.341 e. The molecule has 1 heterocycles. The predicted octanol–water partition coefficient (Wildman–Crippen LogP) is 0.822. The molecular formula is C15H18N2O4. The van der Waals surface area contributed by atoms with E-state index in [4.69, 9.17) is 5.11 Å². The number of carboxylic acid groups (broad SMARTS) is 1. The second kappa shape index (κ2) is 5.97. The molecule has 0 saturated heterocycles. The molecule has 0 bridgehead atoms. The lowest BCUT2D eigenvalue weighted by Crippen LogP contribution is -2.29. The van der Waals surface area contributed by atoms with Crippen molar-refractivity contribution in [3.8, 4) is 0 Å². The number of aliphatic hydroxyl groups is 1. The van der Waals surface area contributed by atoms with E-state index in [9.17, 15) is 14.7 Å². The van der Waals surface area contributed by atoms with Crippen molar-refractivity contribution in [1.82, 2.24) is 4.68 Å². The van der Waals surface area contributed by atoms with Crippen LogP contribution in [0.1, 0.15) is 22.3 Å². The van der Waals surface area contributed by atoms with Crippen LogP contribution in [0.2, 0.25) is 0 Å². The van der Waals surface area contributed by atoms with Crippen LogP contribution >= 0.6 is 0 Å². The number of benzene rings is 1. The Morgan fingerprint density at radius 3 is 2.62 bits per heavy atom. The van der Waals surface area contributed by atoms with Gasteiger partial charge in [-0.3, -0.25) is 9.47 Å². The van der Waals surface area contributed by atoms with Crippen molar-refractivity contribution < 1.29 is 15.0 Å². The van der Waals surface area contributed by atoms with Crippen LogP contribution in [0.5, 0.6) is 0 Å². The molecular weight excluding hydrogens is 272 g/mol. The fourth-order valence-corrected chi connectivity index (χ4v) is 2.28. The van der Waals surface area contributed by atoms with Crippen LogP contribution < -0.4 is 10.4 Å². The quantitative estimate of drug-likeness (QED) is 0.852. The highest BCUT2D eigenvalue weighted by molar-refractivity contribution is 5.92. The maximum absolute atomic E-state index is 12.3. The third kappa shape index (κ3) is 2.90. The van der Waals surface area contributed by atoms with E-state index in [2.05, 4.69) is 0 Å². The topological polar surface area (TPSA) is 82.8 Å². The molecule has 0 aliphatic carbocycles. The van der Waals surface area contributed by atoms with E-state index in [-0.39, 0.29) is 12.2 Å². The van der Waals surface area contributed by atoms with Gasteiger partial charge in [0, 0.05) is 32.3 Å². The van der Waals surface area contributed by atoms with Crippen molar-refractivity contribution in [2.24, 2.45) is 0 Å². The maximum Gasteiger partial charge on any atom is 0.341 e. The first-order valence-electron chi connectivity index (χ1n) is 6.65. The van der Waals surface area contributed by atoms with Gasteiger partial charge in [-0.15, -0.1) is 0 Å². The molecule has 0 saturated carbocycles. The number of fused-ring (bicyclic) bond motifs is 1. The number of aromatic carboxylic acids is 1. The summed E-state index contributed by atoms with van der Waals surface area (Å²) in [6.07, 6.45) is 2.58. The summed E-state index contributed by atoms with van der Waals surface area (Å²) in [5, 5.41) is 20.1. The van der Waals surface area contributed by atoms with E-state index in [1.165, 1.54) is 6.20 Å². The summed E-state index contributed by atoms with van der Waals surface area (Å²) in [7, 11) is 3.55. The van der Waals surface area contributed by atoms with Crippen LogP contribution in [-0.2, 0) is 6.42 Å². The summed E-state index contributed by atoms with van der Waals surface area (Å²) in [6, 6.07) is 5.40. The number of nitrogens with zero attached hydrogens (tertiary/aromatic N) is 2. The largest absolute Gasteiger partial charge is 0.477 e. The molecule has 0 radical (unpaired) electrons. The Hall–Kier alpha value is -2.34. The van der Waals surface area contributed by atoms with Crippen LogP contribution in [0, 0.1) is 0 Å². The van der Waals surface area contributed by atoms with Gasteiger partial charge in [0.2, 0.25) is 5.43 Å². The normalized spacial score (nSPS) is 10.8. The minimum atomic E-state index is -1.24. The zero-order chi connectivity index (χ0) is 15.6. The first-order chi connectivity index (χ1) is 9.95. The number of rotatable bonds is 5. The number of hydrogen-bond donors (Lipinski definition) is 2. The second-order valence-electron chi connectivity index (χ2n) is 5.05. The molecule has 1 aromatic heterocycles. The first kappa shape index (κ1) is 15.1. The number of pyridine rings is 1. The molecule has 112 valence electrons. The molecule has 0 fully saturated rings. The minimum Gasteiger partial charge on any atom is -0.477 e. The van der Waals surface area contributed by atoms with Crippen LogP contribution in [-0.4, -0.2) is 41.6 Å². The summed E-state index contributed by atoms with van der Waals surface area (Å²) >= 11 is 0. The summed E-state index contributed by atoms with van der Waals surface area (Å²) in [6.45, 7) is 0.0785. The lowest BCUT2D eigenvalue weighted by molar-refractivity contribution is 0.0695. The Balaban J connectivity index is 2.73. The standard InChI is InChI=1S/C15H18N2O4/c1-16(2)17-9-12(15(20)21)14(19)11-8-10(4-3-7-18)5-6-13(11)17/h5-6,8-9,18H,3-4,7H2,1-2H3,(H,20,21). The van der Waals surface area contributed by atoms with Gasteiger partial charge in [0.05, 0.1) is 5.52 Å². The van der Waals surface area contributed by atoms with Gasteiger partial charge in [-0.2, -0.15) is 0 Å². The summed E-state index contributed by atoms with van der Waals surface area (Å²) in [4.78, 5) is 23.5. The van der Waals surface area contributed by atoms with Gasteiger partial charge in [0.25, 0.3) is 0 Å². The Morgan fingerprint density at radius 1 is 1.33 bits per heavy atom. The molecule has 0 atom stereocenters. The Bertz CT molecular complexity index is 734. The van der Waals surface area contributed by atoms with Gasteiger partial charge >= 0.3 is 5.97 Å². The number of aromatic nitrogens is 1. The Kier molecular flexibility index (Phi) is 4.28. The first-order valence-corrected chi connectivity index (χ1v) is 6.65. The maximum atomic E-state index is 12.3. The Morgan fingerprint density at radius 2 is 2.05 bits per heavy atom. The van der Waals surface area contributed by atoms with Crippen molar-refractivity contribution in [3.63, 3.8) is 0 Å². The molecule has 0 aliphatic rings. The summed E-state index contributed by atoms with van der Waals surface area (Å²) in [5.41, 5.74) is 0.821. The highest BCUT2D eigenvalue weighted by Gasteiger charge is 2.15. The fraction of sp³-hybridized carbons (Fsp3) is 0.333. The van der Waals surface area contributed by atoms with Gasteiger partial charge in [0.15, 0.2) is 0 Å². The van der Waals surface area contributed by atoms with Gasteiger partial charge in [-0.05, 0) is 30.5 Å². The molecule has 21 heavy (non-hydrogen) atoms. The molecule has 2 aromatic rings. The van der Waals surface area contributed by atoms with E-state index in [1.807, 2.05) is 6.07 Å². The molecule has 2 N–H and O–H groups in total. The predicted molar refractivity (Wildman–Crippen MR) is 80.6 cm³/mol. The van der Waals surface area contributed by atoms with Crippen LogP contribution in [0.15, 0.2) is 29.2 Å². The van der Waals surface area contributed by atoms with Crippen LogP contribution in [0.4, 0.5) is 0 Å². The Labute approximate surface area is 121 Å². The van der Waals surface area contributed by atoms with E-state index in [1.54, 1.807) is 35.9 Å². The second-order valence-corrected chi connectivity index (χ2v) is 5.05. The molecule has 2 rings (SSSR count). The van der Waals surface area contributed by atoms with Gasteiger partial charge in [0.1, 0.15) is 5.56 Å². The van der Waals surface area contributed by atoms with Gasteiger partial charge in [-0.25, -0.2) is 4.79 Å². The number of hydrogen-bond acceptors (Lipinski definition) is 4. The molecule has 0 unspecified atom stereocenters. The molecule has 0 amide bonds. The summed E-state index contributed by atoms with van der Waals surface area (Å²) in [5.74, 6) is -1.24. The average Bonchev–Trinajstić information content (AvgIpc) is 2.45. The minimum absolute atomic E-state index is 0.0785. The van der Waals surface area contributed by atoms with E-state index >= 15 is 0 Å². The zero-order valence-electron chi connectivity index (χ0n) is 12.0.